The monoisotopic (exact) mass is 473 g/mol. The largest absolute Gasteiger partial charge is 0.361 e. The van der Waals surface area contributed by atoms with Crippen LogP contribution in [0.25, 0.3) is 10.9 Å². The van der Waals surface area contributed by atoms with Crippen LogP contribution in [0.15, 0.2) is 35.6 Å². The highest BCUT2D eigenvalue weighted by molar-refractivity contribution is 14.0. The molecule has 0 bridgehead atoms. The van der Waals surface area contributed by atoms with Crippen LogP contribution in [0.2, 0.25) is 0 Å². The summed E-state index contributed by atoms with van der Waals surface area (Å²) in [6.07, 6.45) is 4.64. The van der Waals surface area contributed by atoms with Crippen molar-refractivity contribution in [2.24, 2.45) is 4.99 Å². The first-order valence-corrected chi connectivity index (χ1v) is 8.58. The molecule has 0 saturated heterocycles. The van der Waals surface area contributed by atoms with Crippen molar-refractivity contribution >= 4 is 52.2 Å². The first kappa shape index (κ1) is 19.6. The maximum absolute atomic E-state index is 13.2. The highest BCUT2D eigenvalue weighted by atomic mass is 127. The van der Waals surface area contributed by atoms with E-state index in [1.807, 2.05) is 25.4 Å². The fourth-order valence-corrected chi connectivity index (χ4v) is 3.29. The molecule has 0 saturated carbocycles. The lowest BCUT2D eigenvalue weighted by molar-refractivity contribution is 0.629. The molecule has 0 aliphatic heterocycles. The molecule has 2 aromatic heterocycles. The summed E-state index contributed by atoms with van der Waals surface area (Å²) >= 11 is 1.67. The molecule has 0 aliphatic carbocycles. The molecule has 3 rings (SSSR count). The van der Waals surface area contributed by atoms with Crippen LogP contribution in [-0.4, -0.2) is 29.5 Å². The SMILES string of the molecule is CN=C(NCCc1c[nH]c2cc(F)ccc12)NCc1cnc(C)s1.I. The highest BCUT2D eigenvalue weighted by Crippen LogP contribution is 2.19. The predicted octanol–water partition coefficient (Wildman–Crippen LogP) is 3.60. The van der Waals surface area contributed by atoms with Gasteiger partial charge in [0.2, 0.25) is 0 Å². The Morgan fingerprint density at radius 2 is 2.20 bits per heavy atom. The summed E-state index contributed by atoms with van der Waals surface area (Å²) < 4.78 is 13.2. The molecule has 3 aromatic rings. The van der Waals surface area contributed by atoms with Crippen LogP contribution in [0, 0.1) is 12.7 Å². The average Bonchev–Trinajstić information content (AvgIpc) is 3.16. The number of aryl methyl sites for hydroxylation is 1. The molecule has 0 radical (unpaired) electrons. The van der Waals surface area contributed by atoms with Gasteiger partial charge in [-0.05, 0) is 37.1 Å². The second kappa shape index (κ2) is 9.14. The number of nitrogens with zero attached hydrogens (tertiary/aromatic N) is 2. The van der Waals surface area contributed by atoms with Crippen LogP contribution < -0.4 is 10.6 Å². The predicted molar refractivity (Wildman–Crippen MR) is 112 cm³/mol. The van der Waals surface area contributed by atoms with Gasteiger partial charge in [0.15, 0.2) is 5.96 Å². The number of hydrogen-bond acceptors (Lipinski definition) is 3. The van der Waals surface area contributed by atoms with Crippen molar-refractivity contribution < 1.29 is 4.39 Å². The number of fused-ring (bicyclic) bond motifs is 1. The van der Waals surface area contributed by atoms with Crippen LogP contribution in [-0.2, 0) is 13.0 Å². The average molecular weight is 473 g/mol. The number of aromatic nitrogens is 2. The van der Waals surface area contributed by atoms with Gasteiger partial charge in [-0.15, -0.1) is 35.3 Å². The number of benzene rings is 1. The van der Waals surface area contributed by atoms with Gasteiger partial charge in [-0.25, -0.2) is 9.37 Å². The molecule has 3 N–H and O–H groups in total. The molecule has 0 unspecified atom stereocenters. The quantitative estimate of drug-likeness (QED) is 0.302. The third kappa shape index (κ3) is 5.15. The van der Waals surface area contributed by atoms with E-state index in [1.165, 1.54) is 17.0 Å². The Kier molecular flexibility index (Phi) is 7.18. The summed E-state index contributed by atoms with van der Waals surface area (Å²) in [4.78, 5) is 12.7. The number of aliphatic imine (C=N–C) groups is 1. The van der Waals surface area contributed by atoms with Crippen LogP contribution in [0.4, 0.5) is 4.39 Å². The van der Waals surface area contributed by atoms with E-state index in [1.54, 1.807) is 18.4 Å². The molecular weight excluding hydrogens is 452 g/mol. The van der Waals surface area contributed by atoms with E-state index >= 15 is 0 Å². The summed E-state index contributed by atoms with van der Waals surface area (Å²) in [7, 11) is 1.75. The van der Waals surface area contributed by atoms with Gasteiger partial charge in [0.25, 0.3) is 0 Å². The fraction of sp³-hybridized carbons (Fsp3) is 0.294. The molecule has 1 aromatic carbocycles. The van der Waals surface area contributed by atoms with Gasteiger partial charge in [0.1, 0.15) is 5.82 Å². The van der Waals surface area contributed by atoms with Crippen molar-refractivity contribution in [2.75, 3.05) is 13.6 Å². The second-order valence-corrected chi connectivity index (χ2v) is 6.77. The van der Waals surface area contributed by atoms with Crippen molar-refractivity contribution in [1.82, 2.24) is 20.6 Å². The van der Waals surface area contributed by atoms with Crippen molar-refractivity contribution in [3.63, 3.8) is 0 Å². The summed E-state index contributed by atoms with van der Waals surface area (Å²) in [6.45, 7) is 3.44. The molecule has 0 spiro atoms. The molecule has 0 aliphatic rings. The Hall–Kier alpha value is -1.68. The maximum Gasteiger partial charge on any atom is 0.191 e. The van der Waals surface area contributed by atoms with E-state index in [0.717, 1.165) is 40.4 Å². The number of nitrogens with one attached hydrogen (secondary N) is 3. The molecule has 0 amide bonds. The van der Waals surface area contributed by atoms with E-state index in [2.05, 4.69) is 25.6 Å². The number of H-pyrrole nitrogens is 1. The lowest BCUT2D eigenvalue weighted by atomic mass is 10.1. The number of halogens is 2. The van der Waals surface area contributed by atoms with E-state index in [0.29, 0.717) is 6.54 Å². The van der Waals surface area contributed by atoms with Crippen LogP contribution in [0.1, 0.15) is 15.4 Å². The summed E-state index contributed by atoms with van der Waals surface area (Å²) in [5, 5.41) is 8.69. The zero-order valence-corrected chi connectivity index (χ0v) is 17.2. The molecule has 0 atom stereocenters. The van der Waals surface area contributed by atoms with Gasteiger partial charge in [0.05, 0.1) is 11.6 Å². The van der Waals surface area contributed by atoms with Crippen LogP contribution in [0.5, 0.6) is 0 Å². The van der Waals surface area contributed by atoms with Gasteiger partial charge in [-0.1, -0.05) is 0 Å². The minimum atomic E-state index is -0.225. The summed E-state index contributed by atoms with van der Waals surface area (Å²) in [5.74, 6) is 0.531. The van der Waals surface area contributed by atoms with E-state index in [4.69, 9.17) is 0 Å². The Bertz CT molecular complexity index is 858. The standard InChI is InChI=1S/C17H20FN5S.HI/c1-11-21-9-14(24-11)10-23-17(19-2)20-6-5-12-8-22-16-7-13(18)3-4-15(12)16;/h3-4,7-9,22H,5-6,10H2,1-2H3,(H2,19,20,23);1H. The van der Waals surface area contributed by atoms with Gasteiger partial charge < -0.3 is 15.6 Å². The van der Waals surface area contributed by atoms with Gasteiger partial charge in [-0.2, -0.15) is 0 Å². The second-order valence-electron chi connectivity index (χ2n) is 5.45. The molecule has 0 fully saturated rings. The number of hydrogen-bond donors (Lipinski definition) is 3. The van der Waals surface area contributed by atoms with E-state index in [-0.39, 0.29) is 29.8 Å². The molecule has 5 nitrogen and oxygen atoms in total. The van der Waals surface area contributed by atoms with E-state index < -0.39 is 0 Å². The Labute approximate surface area is 167 Å². The van der Waals surface area contributed by atoms with Crippen molar-refractivity contribution in [1.29, 1.82) is 0 Å². The Morgan fingerprint density at radius 1 is 1.36 bits per heavy atom. The molecular formula is C17H21FIN5S. The zero-order chi connectivity index (χ0) is 16.9. The zero-order valence-electron chi connectivity index (χ0n) is 14.1. The number of rotatable bonds is 5. The van der Waals surface area contributed by atoms with Crippen molar-refractivity contribution in [2.45, 2.75) is 19.9 Å². The fourth-order valence-electron chi connectivity index (χ4n) is 2.56. The van der Waals surface area contributed by atoms with Gasteiger partial charge >= 0.3 is 0 Å². The van der Waals surface area contributed by atoms with Crippen molar-refractivity contribution in [3.05, 3.63) is 51.9 Å². The molecule has 8 heteroatoms. The number of aromatic amines is 1. The van der Waals surface area contributed by atoms with Gasteiger partial charge in [-0.3, -0.25) is 4.99 Å². The van der Waals surface area contributed by atoms with Crippen LogP contribution in [0.3, 0.4) is 0 Å². The highest BCUT2D eigenvalue weighted by Gasteiger charge is 2.05. The van der Waals surface area contributed by atoms with Crippen LogP contribution >= 0.6 is 35.3 Å². The molecule has 25 heavy (non-hydrogen) atoms. The first-order chi connectivity index (χ1) is 11.7. The topological polar surface area (TPSA) is 65.1 Å². The number of thiazole rings is 1. The smallest absolute Gasteiger partial charge is 0.191 e. The minimum Gasteiger partial charge on any atom is -0.361 e. The van der Waals surface area contributed by atoms with Gasteiger partial charge in [0, 0.05) is 41.8 Å². The molecule has 134 valence electrons. The van der Waals surface area contributed by atoms with E-state index in [9.17, 15) is 4.39 Å². The first-order valence-electron chi connectivity index (χ1n) is 7.77. The van der Waals surface area contributed by atoms with Crippen molar-refractivity contribution in [3.8, 4) is 0 Å². The lowest BCUT2D eigenvalue weighted by Crippen LogP contribution is -2.37. The lowest BCUT2D eigenvalue weighted by Gasteiger charge is -2.10. The number of guanidine groups is 1. The Balaban J connectivity index is 0.00000225. The molecule has 2 heterocycles. The Morgan fingerprint density at radius 3 is 2.92 bits per heavy atom. The summed E-state index contributed by atoms with van der Waals surface area (Å²) in [5.41, 5.74) is 1.99. The maximum atomic E-state index is 13.2. The third-order valence-corrected chi connectivity index (χ3v) is 4.65. The summed E-state index contributed by atoms with van der Waals surface area (Å²) in [6, 6.07) is 4.82. The third-order valence-electron chi connectivity index (χ3n) is 3.74. The minimum absolute atomic E-state index is 0. The normalized spacial score (nSPS) is 11.4.